The molecule has 9 heteroatoms. The van der Waals surface area contributed by atoms with Crippen LogP contribution >= 0.6 is 0 Å². The molecule has 2 saturated heterocycles. The summed E-state index contributed by atoms with van der Waals surface area (Å²) >= 11 is 0. The van der Waals surface area contributed by atoms with E-state index in [-0.39, 0.29) is 18.4 Å². The van der Waals surface area contributed by atoms with E-state index in [1.807, 2.05) is 26.0 Å². The molecular formula is C24H39N3O6. The van der Waals surface area contributed by atoms with Gasteiger partial charge in [0.05, 0.1) is 6.54 Å². The van der Waals surface area contributed by atoms with Crippen molar-refractivity contribution in [2.24, 2.45) is 5.92 Å². The van der Waals surface area contributed by atoms with Crippen LogP contribution in [-0.2, 0) is 19.2 Å². The van der Waals surface area contributed by atoms with Gasteiger partial charge in [-0.1, -0.05) is 51.3 Å². The first-order valence-corrected chi connectivity index (χ1v) is 11.5. The van der Waals surface area contributed by atoms with E-state index in [0.717, 1.165) is 26.4 Å². The maximum absolute atomic E-state index is 12.5. The first-order chi connectivity index (χ1) is 15.8. The number of nitrogens with zero attached hydrogens (tertiary/aromatic N) is 3. The smallest absolute Gasteiger partial charge is 0.256 e. The number of benzene rings is 1. The molecule has 1 aromatic rings. The monoisotopic (exact) mass is 465 g/mol. The number of aliphatic hydroxyl groups is 1. The lowest BCUT2D eigenvalue weighted by atomic mass is 10.1. The van der Waals surface area contributed by atoms with Crippen molar-refractivity contribution in [1.29, 1.82) is 0 Å². The first kappa shape index (κ1) is 28.4. The number of carbonyl (C=O) groups excluding carboxylic acids is 3. The van der Waals surface area contributed by atoms with Crippen molar-refractivity contribution >= 4 is 18.2 Å². The Morgan fingerprint density at radius 2 is 1.82 bits per heavy atom. The minimum absolute atomic E-state index is 0.0257. The van der Waals surface area contributed by atoms with Gasteiger partial charge in [0.15, 0.2) is 12.3 Å². The molecule has 2 atom stereocenters. The van der Waals surface area contributed by atoms with E-state index in [9.17, 15) is 14.4 Å². The van der Waals surface area contributed by atoms with Crippen LogP contribution in [0.4, 0.5) is 0 Å². The molecule has 2 heterocycles. The van der Waals surface area contributed by atoms with Gasteiger partial charge in [0, 0.05) is 13.7 Å². The van der Waals surface area contributed by atoms with Gasteiger partial charge in [-0.3, -0.25) is 19.2 Å². The summed E-state index contributed by atoms with van der Waals surface area (Å²) < 4.78 is 0. The molecule has 2 N–H and O–H groups in total. The molecule has 0 saturated carbocycles. The van der Waals surface area contributed by atoms with Gasteiger partial charge in [0.25, 0.3) is 5.91 Å². The van der Waals surface area contributed by atoms with Gasteiger partial charge in [0.1, 0.15) is 12.3 Å². The molecule has 0 radical (unpaired) electrons. The van der Waals surface area contributed by atoms with Crippen LogP contribution in [0, 0.1) is 12.8 Å². The summed E-state index contributed by atoms with van der Waals surface area (Å²) in [4.78, 5) is 45.0. The van der Waals surface area contributed by atoms with Crippen molar-refractivity contribution in [1.82, 2.24) is 14.9 Å². The lowest BCUT2D eigenvalue weighted by molar-refractivity contribution is -0.263. The van der Waals surface area contributed by atoms with Crippen molar-refractivity contribution in [2.75, 3.05) is 26.7 Å². The zero-order valence-corrected chi connectivity index (χ0v) is 20.4. The molecule has 186 valence electrons. The molecule has 3 amide bonds. The standard InChI is InChI=1S/C16H27N3O4.C7H8O.CH4O/c1-4-5-6-13-16(22)18-10-15(21)17(8-7-12(2)3)9-14(18)19(11-20)23-13;1-6-2-4-7(8)5-3-6;1-2/h11-14H,4-10H2,1-3H3;2-5,8H,1H3;2H,1H3. The number of amides is 3. The average Bonchev–Trinajstić information content (AvgIpc) is 2.81. The Hall–Kier alpha value is -2.65. The molecule has 9 nitrogen and oxygen atoms in total. The van der Waals surface area contributed by atoms with Gasteiger partial charge in [-0.25, -0.2) is 0 Å². The summed E-state index contributed by atoms with van der Waals surface area (Å²) in [5, 5.41) is 17.0. The van der Waals surface area contributed by atoms with Crippen molar-refractivity contribution < 1.29 is 29.4 Å². The topological polar surface area (TPSA) is 111 Å². The number of carbonyl (C=O) groups is 3. The highest BCUT2D eigenvalue weighted by Crippen LogP contribution is 2.25. The van der Waals surface area contributed by atoms with Crippen molar-refractivity contribution in [3.8, 4) is 5.75 Å². The number of unbranched alkanes of at least 4 members (excludes halogenated alkanes) is 1. The SMILES string of the molecule is CCCCC1ON(C=O)C2CN(CCC(C)C)C(=O)CN2C1=O.CO.Cc1ccc(O)cc1. The highest BCUT2D eigenvalue weighted by Gasteiger charge is 2.45. The summed E-state index contributed by atoms with van der Waals surface area (Å²) in [6, 6.07) is 7.09. The average molecular weight is 466 g/mol. The van der Waals surface area contributed by atoms with E-state index < -0.39 is 12.3 Å². The molecule has 0 bridgehead atoms. The van der Waals surface area contributed by atoms with E-state index >= 15 is 0 Å². The predicted molar refractivity (Wildman–Crippen MR) is 125 cm³/mol. The fourth-order valence-corrected chi connectivity index (χ4v) is 3.47. The van der Waals surface area contributed by atoms with Gasteiger partial charge in [-0.15, -0.1) is 0 Å². The first-order valence-electron chi connectivity index (χ1n) is 11.5. The largest absolute Gasteiger partial charge is 0.508 e. The highest BCUT2D eigenvalue weighted by molar-refractivity contribution is 5.89. The van der Waals surface area contributed by atoms with Crippen molar-refractivity contribution in [2.45, 2.75) is 65.6 Å². The predicted octanol–water partition coefficient (Wildman–Crippen LogP) is 2.30. The molecule has 1 aromatic carbocycles. The van der Waals surface area contributed by atoms with Crippen molar-refractivity contribution in [3.05, 3.63) is 29.8 Å². The number of rotatable bonds is 7. The molecular weight excluding hydrogens is 426 g/mol. The van der Waals surface area contributed by atoms with Crippen LogP contribution in [-0.4, -0.2) is 82.3 Å². The van der Waals surface area contributed by atoms with Crippen LogP contribution in [0.15, 0.2) is 24.3 Å². The van der Waals surface area contributed by atoms with Crippen LogP contribution in [0.1, 0.15) is 52.0 Å². The van der Waals surface area contributed by atoms with E-state index in [4.69, 9.17) is 15.1 Å². The minimum atomic E-state index is -0.661. The molecule has 2 unspecified atom stereocenters. The second-order valence-corrected chi connectivity index (χ2v) is 8.51. The summed E-state index contributed by atoms with van der Waals surface area (Å²) in [6.07, 6.45) is 2.69. The fourth-order valence-electron chi connectivity index (χ4n) is 3.47. The number of hydrogen-bond donors (Lipinski definition) is 2. The second kappa shape index (κ2) is 14.5. The second-order valence-electron chi connectivity index (χ2n) is 8.51. The van der Waals surface area contributed by atoms with Gasteiger partial charge < -0.3 is 20.0 Å². The molecule has 3 rings (SSSR count). The third kappa shape index (κ3) is 8.66. The van der Waals surface area contributed by atoms with Crippen molar-refractivity contribution in [3.63, 3.8) is 0 Å². The number of aliphatic hydroxyl groups excluding tert-OH is 1. The number of aryl methyl sites for hydroxylation is 1. The third-order valence-corrected chi connectivity index (χ3v) is 5.44. The van der Waals surface area contributed by atoms with E-state index in [1.165, 1.54) is 15.5 Å². The molecule has 33 heavy (non-hydrogen) atoms. The molecule has 0 aliphatic carbocycles. The Kier molecular flexibility index (Phi) is 12.5. The number of phenols is 1. The number of fused-ring (bicyclic) bond motifs is 1. The van der Waals surface area contributed by atoms with E-state index in [1.54, 1.807) is 17.0 Å². The molecule has 0 aromatic heterocycles. The maximum atomic E-state index is 12.5. The number of hydroxylamine groups is 2. The van der Waals surface area contributed by atoms with Crippen LogP contribution in [0.3, 0.4) is 0 Å². The zero-order valence-electron chi connectivity index (χ0n) is 20.4. The van der Waals surface area contributed by atoms with Gasteiger partial charge in [0.2, 0.25) is 12.3 Å². The fraction of sp³-hybridized carbons (Fsp3) is 0.625. The Bertz CT molecular complexity index is 719. The molecule has 2 aliphatic rings. The Morgan fingerprint density at radius 3 is 2.33 bits per heavy atom. The normalized spacial score (nSPS) is 19.9. The van der Waals surface area contributed by atoms with Gasteiger partial charge >= 0.3 is 0 Å². The number of aromatic hydroxyl groups is 1. The highest BCUT2D eigenvalue weighted by atomic mass is 16.7. The van der Waals surface area contributed by atoms with Gasteiger partial charge in [-0.05, 0) is 37.8 Å². The molecule has 0 spiro atoms. The summed E-state index contributed by atoms with van der Waals surface area (Å²) in [5.41, 5.74) is 1.17. The van der Waals surface area contributed by atoms with Crippen LogP contribution in [0.5, 0.6) is 5.75 Å². The summed E-state index contributed by atoms with van der Waals surface area (Å²) in [5.74, 6) is 0.580. The lowest BCUT2D eigenvalue weighted by Crippen LogP contribution is -2.69. The number of hydrogen-bond acceptors (Lipinski definition) is 6. The summed E-state index contributed by atoms with van der Waals surface area (Å²) in [7, 11) is 1.00. The number of piperazine rings is 1. The van der Waals surface area contributed by atoms with Gasteiger partial charge in [-0.2, -0.15) is 5.06 Å². The van der Waals surface area contributed by atoms with E-state index in [0.29, 0.717) is 37.6 Å². The van der Waals surface area contributed by atoms with E-state index in [2.05, 4.69) is 13.8 Å². The molecule has 2 fully saturated rings. The quantitative estimate of drug-likeness (QED) is 0.598. The third-order valence-electron chi connectivity index (χ3n) is 5.44. The summed E-state index contributed by atoms with van der Waals surface area (Å²) in [6.45, 7) is 9.20. The molecule has 2 aliphatic heterocycles. The Morgan fingerprint density at radius 1 is 1.18 bits per heavy atom. The number of phenolic OH excluding ortho intramolecular Hbond substituents is 1. The maximum Gasteiger partial charge on any atom is 0.256 e. The minimum Gasteiger partial charge on any atom is -0.508 e. The zero-order chi connectivity index (χ0) is 25.0. The Labute approximate surface area is 196 Å². The van der Waals surface area contributed by atoms with Crippen LogP contribution in [0.2, 0.25) is 0 Å². The Balaban J connectivity index is 0.000000454. The lowest BCUT2D eigenvalue weighted by Gasteiger charge is -2.48. The van der Waals surface area contributed by atoms with Crippen LogP contribution < -0.4 is 0 Å². The van der Waals surface area contributed by atoms with Crippen LogP contribution in [0.25, 0.3) is 0 Å².